The maximum atomic E-state index is 12.8. The van der Waals surface area contributed by atoms with Crippen molar-refractivity contribution in [1.82, 2.24) is 10.3 Å². The van der Waals surface area contributed by atoms with Crippen LogP contribution in [0.4, 0.5) is 5.13 Å². The number of thiazole rings is 1. The van der Waals surface area contributed by atoms with E-state index in [0.29, 0.717) is 17.2 Å². The number of nitrogens with one attached hydrogen (secondary N) is 2. The molecule has 0 radical (unpaired) electrons. The van der Waals surface area contributed by atoms with Crippen LogP contribution in [0.25, 0.3) is 0 Å². The van der Waals surface area contributed by atoms with Gasteiger partial charge in [-0.15, -0.1) is 11.3 Å². The molecule has 0 fully saturated rings. The van der Waals surface area contributed by atoms with Gasteiger partial charge in [0, 0.05) is 17.0 Å². The third kappa shape index (κ3) is 4.54. The lowest BCUT2D eigenvalue weighted by molar-refractivity contribution is -0.123. The van der Waals surface area contributed by atoms with Crippen molar-refractivity contribution in [2.75, 3.05) is 5.32 Å². The summed E-state index contributed by atoms with van der Waals surface area (Å²) in [5.74, 6) is -0.443. The van der Waals surface area contributed by atoms with Crippen LogP contribution in [0, 0.1) is 6.92 Å². The molecule has 1 unspecified atom stereocenters. The number of benzene rings is 2. The number of carbonyl (C=O) groups excluding carboxylic acids is 2. The first-order chi connectivity index (χ1) is 14.1. The van der Waals surface area contributed by atoms with Crippen LogP contribution in [0.3, 0.4) is 0 Å². The first kappa shape index (κ1) is 19.3. The van der Waals surface area contributed by atoms with Crippen LogP contribution in [0.2, 0.25) is 0 Å². The van der Waals surface area contributed by atoms with Crippen LogP contribution in [-0.4, -0.2) is 16.8 Å². The molecular weight excluding hydrogens is 382 g/mol. The maximum Gasteiger partial charge on any atom is 0.257 e. The highest BCUT2D eigenvalue weighted by Gasteiger charge is 2.30. The Balaban J connectivity index is 1.45. The topological polar surface area (TPSA) is 71.1 Å². The third-order valence-electron chi connectivity index (χ3n) is 5.11. The van der Waals surface area contributed by atoms with Gasteiger partial charge in [-0.05, 0) is 43.9 Å². The van der Waals surface area contributed by atoms with Crippen molar-refractivity contribution in [2.45, 2.75) is 38.6 Å². The molecule has 0 saturated heterocycles. The Morgan fingerprint density at radius 2 is 1.86 bits per heavy atom. The Labute approximate surface area is 174 Å². The highest BCUT2D eigenvalue weighted by atomic mass is 32.1. The summed E-state index contributed by atoms with van der Waals surface area (Å²) in [4.78, 5) is 31.0. The summed E-state index contributed by atoms with van der Waals surface area (Å²) in [6.07, 6.45) is 2.63. The summed E-state index contributed by atoms with van der Waals surface area (Å²) < 4.78 is 0. The molecule has 0 bridgehead atoms. The molecule has 2 amide bonds. The Hall–Kier alpha value is -2.99. The van der Waals surface area contributed by atoms with Crippen molar-refractivity contribution < 1.29 is 9.59 Å². The summed E-state index contributed by atoms with van der Waals surface area (Å²) >= 11 is 1.47. The van der Waals surface area contributed by atoms with E-state index < -0.39 is 0 Å². The van der Waals surface area contributed by atoms with Crippen molar-refractivity contribution in [3.05, 3.63) is 81.9 Å². The fraction of sp³-hybridized carbons (Fsp3) is 0.261. The summed E-state index contributed by atoms with van der Waals surface area (Å²) in [5, 5.41) is 6.48. The zero-order valence-corrected chi connectivity index (χ0v) is 17.1. The molecule has 4 rings (SSSR count). The van der Waals surface area contributed by atoms with Crippen LogP contribution in [-0.2, 0) is 17.8 Å². The van der Waals surface area contributed by atoms with E-state index in [0.717, 1.165) is 41.0 Å². The van der Waals surface area contributed by atoms with Gasteiger partial charge in [0.15, 0.2) is 5.13 Å². The summed E-state index contributed by atoms with van der Waals surface area (Å²) in [5.41, 5.74) is 3.59. The number of aryl methyl sites for hydroxylation is 2. The van der Waals surface area contributed by atoms with Gasteiger partial charge in [0.2, 0.25) is 5.91 Å². The molecule has 29 heavy (non-hydrogen) atoms. The predicted octanol–water partition coefficient (Wildman–Crippen LogP) is 4.44. The molecule has 0 aliphatic heterocycles. The molecule has 6 heteroatoms. The average Bonchev–Trinajstić information content (AvgIpc) is 3.15. The Morgan fingerprint density at radius 1 is 1.10 bits per heavy atom. The molecule has 3 aromatic rings. The van der Waals surface area contributed by atoms with Gasteiger partial charge < -0.3 is 5.32 Å². The zero-order chi connectivity index (χ0) is 20.2. The van der Waals surface area contributed by atoms with Crippen LogP contribution in [0.1, 0.15) is 50.8 Å². The van der Waals surface area contributed by atoms with E-state index in [4.69, 9.17) is 0 Å². The van der Waals surface area contributed by atoms with E-state index in [2.05, 4.69) is 15.6 Å². The van der Waals surface area contributed by atoms with Crippen molar-refractivity contribution in [3.63, 3.8) is 0 Å². The number of carbonyl (C=O) groups is 2. The highest BCUT2D eigenvalue weighted by molar-refractivity contribution is 7.16. The molecule has 0 spiro atoms. The standard InChI is InChI=1S/C23H23N3O2S/c1-15-10-12-17(13-11-15)21(27)26-23-25-20-18(8-5-9-19(20)29-23)22(28)24-14-16-6-3-2-4-7-16/h2-4,6-7,10-13,18H,5,8-9,14H2,1H3,(H,24,28)(H,25,26,27). The first-order valence-electron chi connectivity index (χ1n) is 9.79. The molecule has 5 nitrogen and oxygen atoms in total. The van der Waals surface area contributed by atoms with Crippen molar-refractivity contribution in [1.29, 1.82) is 0 Å². The lowest BCUT2D eigenvalue weighted by Gasteiger charge is -2.20. The predicted molar refractivity (Wildman–Crippen MR) is 115 cm³/mol. The van der Waals surface area contributed by atoms with Gasteiger partial charge in [-0.3, -0.25) is 14.9 Å². The SMILES string of the molecule is Cc1ccc(C(=O)Nc2nc3c(s2)CCCC3C(=O)NCc2ccccc2)cc1. The number of hydrogen-bond donors (Lipinski definition) is 2. The van der Waals surface area contributed by atoms with E-state index >= 15 is 0 Å². The van der Waals surface area contributed by atoms with Gasteiger partial charge in [-0.1, -0.05) is 48.0 Å². The van der Waals surface area contributed by atoms with E-state index in [1.165, 1.54) is 11.3 Å². The average molecular weight is 406 g/mol. The summed E-state index contributed by atoms with van der Waals surface area (Å²) in [6.45, 7) is 2.49. The normalized spacial score (nSPS) is 15.4. The van der Waals surface area contributed by atoms with Crippen LogP contribution < -0.4 is 10.6 Å². The smallest absolute Gasteiger partial charge is 0.257 e. The molecule has 0 saturated carbocycles. The van der Waals surface area contributed by atoms with E-state index in [9.17, 15) is 9.59 Å². The van der Waals surface area contributed by atoms with Gasteiger partial charge in [0.25, 0.3) is 5.91 Å². The maximum absolute atomic E-state index is 12.8. The van der Waals surface area contributed by atoms with Crippen molar-refractivity contribution >= 4 is 28.3 Å². The molecule has 1 heterocycles. The molecule has 1 aromatic heterocycles. The molecule has 1 aliphatic carbocycles. The Bertz CT molecular complexity index is 1010. The molecule has 2 N–H and O–H groups in total. The van der Waals surface area contributed by atoms with Gasteiger partial charge in [-0.25, -0.2) is 4.98 Å². The van der Waals surface area contributed by atoms with Crippen LogP contribution >= 0.6 is 11.3 Å². The number of amides is 2. The summed E-state index contributed by atoms with van der Waals surface area (Å²) in [7, 11) is 0. The number of rotatable bonds is 5. The highest BCUT2D eigenvalue weighted by Crippen LogP contribution is 2.37. The summed E-state index contributed by atoms with van der Waals surface area (Å²) in [6, 6.07) is 17.3. The number of hydrogen-bond acceptors (Lipinski definition) is 4. The van der Waals surface area contributed by atoms with Gasteiger partial charge in [0.1, 0.15) is 0 Å². The minimum absolute atomic E-state index is 0.00323. The second-order valence-corrected chi connectivity index (χ2v) is 8.38. The van der Waals surface area contributed by atoms with Gasteiger partial charge >= 0.3 is 0 Å². The Morgan fingerprint density at radius 3 is 2.62 bits per heavy atom. The number of aromatic nitrogens is 1. The lowest BCUT2D eigenvalue weighted by Crippen LogP contribution is -2.31. The molecule has 1 aliphatic rings. The second kappa shape index (κ2) is 8.57. The van der Waals surface area contributed by atoms with Crippen molar-refractivity contribution in [3.8, 4) is 0 Å². The number of fused-ring (bicyclic) bond motifs is 1. The molecule has 2 aromatic carbocycles. The Kier molecular flexibility index (Phi) is 5.71. The second-order valence-electron chi connectivity index (χ2n) is 7.30. The number of nitrogens with zero attached hydrogens (tertiary/aromatic N) is 1. The number of anilines is 1. The van der Waals surface area contributed by atoms with E-state index in [1.54, 1.807) is 12.1 Å². The van der Waals surface area contributed by atoms with Crippen LogP contribution in [0.15, 0.2) is 54.6 Å². The molecule has 1 atom stereocenters. The lowest BCUT2D eigenvalue weighted by atomic mass is 9.90. The minimum Gasteiger partial charge on any atom is -0.351 e. The largest absolute Gasteiger partial charge is 0.351 e. The fourth-order valence-electron chi connectivity index (χ4n) is 3.51. The van der Waals surface area contributed by atoms with Crippen LogP contribution in [0.5, 0.6) is 0 Å². The quantitative estimate of drug-likeness (QED) is 0.659. The van der Waals surface area contributed by atoms with Crippen molar-refractivity contribution in [2.24, 2.45) is 0 Å². The monoisotopic (exact) mass is 405 g/mol. The zero-order valence-electron chi connectivity index (χ0n) is 16.3. The van der Waals surface area contributed by atoms with E-state index in [-0.39, 0.29) is 17.7 Å². The van der Waals surface area contributed by atoms with E-state index in [1.807, 2.05) is 49.4 Å². The molecule has 148 valence electrons. The first-order valence-corrected chi connectivity index (χ1v) is 10.6. The minimum atomic E-state index is -0.260. The van der Waals surface area contributed by atoms with Gasteiger partial charge in [-0.2, -0.15) is 0 Å². The van der Waals surface area contributed by atoms with Gasteiger partial charge in [0.05, 0.1) is 11.6 Å². The molecular formula is C23H23N3O2S. The fourth-order valence-corrected chi connectivity index (χ4v) is 4.57. The third-order valence-corrected chi connectivity index (χ3v) is 6.16.